The van der Waals surface area contributed by atoms with E-state index in [1.54, 1.807) is 23.3 Å². The van der Waals surface area contributed by atoms with Gasteiger partial charge < -0.3 is 9.47 Å². The molecule has 5 rings (SSSR count). The van der Waals surface area contributed by atoms with Gasteiger partial charge in [-0.1, -0.05) is 72.0 Å². The number of esters is 1. The first-order valence-corrected chi connectivity index (χ1v) is 14.6. The van der Waals surface area contributed by atoms with E-state index in [-0.39, 0.29) is 12.2 Å². The highest BCUT2D eigenvalue weighted by molar-refractivity contribution is 7.98. The number of carbonyl (C=O) groups excluding carboxylic acids is 1. The number of hydrogen-bond donors (Lipinski definition) is 0. The molecule has 0 saturated carbocycles. The van der Waals surface area contributed by atoms with Crippen molar-refractivity contribution < 1.29 is 14.3 Å². The molecule has 1 unspecified atom stereocenters. The maximum atomic E-state index is 13.9. The number of ether oxygens (including phenoxy) is 2. The summed E-state index contributed by atoms with van der Waals surface area (Å²) in [5.41, 5.74) is 3.19. The van der Waals surface area contributed by atoms with Gasteiger partial charge in [0.05, 0.1) is 28.5 Å². The zero-order valence-corrected chi connectivity index (χ0v) is 23.6. The number of hydrogen-bond acceptors (Lipinski definition) is 7. The lowest BCUT2D eigenvalue weighted by Crippen LogP contribution is -2.39. The minimum absolute atomic E-state index is 0.132. The third-order valence-electron chi connectivity index (χ3n) is 6.39. The summed E-state index contributed by atoms with van der Waals surface area (Å²) in [6.45, 7) is 4.37. The third-order valence-corrected chi connectivity index (χ3v) is 8.12. The first-order valence-electron chi connectivity index (χ1n) is 12.6. The summed E-state index contributed by atoms with van der Waals surface area (Å²) in [7, 11) is 0. The Bertz CT molecular complexity index is 1700. The van der Waals surface area contributed by atoms with Crippen molar-refractivity contribution in [3.05, 3.63) is 127 Å². The summed E-state index contributed by atoms with van der Waals surface area (Å²) >= 11 is 2.93. The van der Waals surface area contributed by atoms with Crippen molar-refractivity contribution in [3.63, 3.8) is 0 Å². The number of allylic oxidation sites excluding steroid dienone is 1. The quantitative estimate of drug-likeness (QED) is 0.223. The van der Waals surface area contributed by atoms with Crippen molar-refractivity contribution in [3.8, 4) is 5.75 Å². The van der Waals surface area contributed by atoms with Crippen LogP contribution < -0.4 is 19.6 Å². The van der Waals surface area contributed by atoms with Crippen LogP contribution in [-0.2, 0) is 16.1 Å². The van der Waals surface area contributed by atoms with Crippen LogP contribution in [-0.4, -0.2) is 23.4 Å². The Hall–Kier alpha value is -3.88. The highest BCUT2D eigenvalue weighted by atomic mass is 32.2. The first kappa shape index (κ1) is 26.7. The Morgan fingerprint density at radius 1 is 1.05 bits per heavy atom. The first-order chi connectivity index (χ1) is 19.0. The maximum absolute atomic E-state index is 13.9. The van der Waals surface area contributed by atoms with Crippen LogP contribution in [0, 0.1) is 0 Å². The van der Waals surface area contributed by atoms with Crippen LogP contribution in [0.4, 0.5) is 0 Å². The molecular weight excluding hydrogens is 528 g/mol. The molecule has 198 valence electrons. The Morgan fingerprint density at radius 2 is 1.77 bits per heavy atom. The molecule has 1 atom stereocenters. The zero-order valence-electron chi connectivity index (χ0n) is 21.9. The number of thioether (sulfide) groups is 1. The Balaban J connectivity index is 1.62. The number of nitrogens with zero attached hydrogens (tertiary/aromatic N) is 2. The lowest BCUT2D eigenvalue weighted by molar-refractivity contribution is -0.140. The Labute approximate surface area is 235 Å². The van der Waals surface area contributed by atoms with Gasteiger partial charge in [0.2, 0.25) is 0 Å². The number of fused-ring (bicyclic) bond motifs is 1. The summed E-state index contributed by atoms with van der Waals surface area (Å²) in [6, 6.07) is 24.4. The molecule has 39 heavy (non-hydrogen) atoms. The zero-order chi connectivity index (χ0) is 27.4. The molecule has 0 bridgehead atoms. The molecule has 0 N–H and O–H groups in total. The topological polar surface area (TPSA) is 69.9 Å². The minimum Gasteiger partial charge on any atom is -0.493 e. The van der Waals surface area contributed by atoms with Crippen molar-refractivity contribution in [2.75, 3.05) is 12.9 Å². The van der Waals surface area contributed by atoms with Gasteiger partial charge in [-0.15, -0.1) is 11.8 Å². The fourth-order valence-electron chi connectivity index (χ4n) is 4.51. The maximum Gasteiger partial charge on any atom is 0.338 e. The van der Waals surface area contributed by atoms with Crippen molar-refractivity contribution in [1.82, 2.24) is 4.57 Å². The monoisotopic (exact) mass is 556 g/mol. The molecular formula is C31H28N2O4S2. The van der Waals surface area contributed by atoms with Crippen LogP contribution in [0.3, 0.4) is 0 Å². The second kappa shape index (κ2) is 11.9. The second-order valence-electron chi connectivity index (χ2n) is 8.89. The van der Waals surface area contributed by atoms with Gasteiger partial charge in [-0.3, -0.25) is 9.36 Å². The summed E-state index contributed by atoms with van der Waals surface area (Å²) in [6.07, 6.45) is 3.84. The molecule has 0 saturated heterocycles. The predicted octanol–water partition coefficient (Wildman–Crippen LogP) is 5.10. The molecule has 2 heterocycles. The summed E-state index contributed by atoms with van der Waals surface area (Å²) in [5, 5.41) is 0. The van der Waals surface area contributed by atoms with Crippen molar-refractivity contribution in [2.45, 2.75) is 31.4 Å². The molecule has 3 aromatic carbocycles. The Morgan fingerprint density at radius 3 is 2.49 bits per heavy atom. The standard InChI is InChI=1S/C31H28N2O4S2/c1-4-36-25-13-9-8-12-23(25)18-26-29(34)33-28(22-14-16-24(38-3)17-15-22)27(20(2)32-31(33)39-26)30(35)37-19-21-10-6-5-7-11-21/h5-18,28H,4,19H2,1-3H3. The van der Waals surface area contributed by atoms with E-state index in [0.29, 0.717) is 33.0 Å². The van der Waals surface area contributed by atoms with Crippen molar-refractivity contribution >= 4 is 35.1 Å². The van der Waals surface area contributed by atoms with Crippen LogP contribution >= 0.6 is 23.1 Å². The van der Waals surface area contributed by atoms with E-state index in [4.69, 9.17) is 14.5 Å². The molecule has 0 fully saturated rings. The van der Waals surface area contributed by atoms with Gasteiger partial charge in [-0.05, 0) is 55.5 Å². The van der Waals surface area contributed by atoms with E-state index in [1.807, 2.05) is 98.1 Å². The number of thiazole rings is 1. The molecule has 1 aliphatic heterocycles. The van der Waals surface area contributed by atoms with Gasteiger partial charge in [0.1, 0.15) is 12.4 Å². The van der Waals surface area contributed by atoms with Gasteiger partial charge in [0, 0.05) is 10.5 Å². The van der Waals surface area contributed by atoms with Crippen LogP contribution in [0.25, 0.3) is 6.08 Å². The molecule has 4 aromatic rings. The number of para-hydroxylation sites is 1. The van der Waals surface area contributed by atoms with E-state index in [2.05, 4.69) is 0 Å². The smallest absolute Gasteiger partial charge is 0.338 e. The molecule has 0 radical (unpaired) electrons. The van der Waals surface area contributed by atoms with Crippen molar-refractivity contribution in [1.29, 1.82) is 0 Å². The average molecular weight is 557 g/mol. The van der Waals surface area contributed by atoms with E-state index >= 15 is 0 Å². The SMILES string of the molecule is CCOc1ccccc1C=c1sc2n(c1=O)C(c1ccc(SC)cc1)C(C(=O)OCc1ccccc1)=C(C)N=2. The molecule has 0 aliphatic carbocycles. The van der Waals surface area contributed by atoms with E-state index in [1.165, 1.54) is 11.3 Å². The van der Waals surface area contributed by atoms with Crippen LogP contribution in [0.1, 0.15) is 36.6 Å². The van der Waals surface area contributed by atoms with E-state index in [0.717, 1.165) is 21.6 Å². The van der Waals surface area contributed by atoms with Gasteiger partial charge in [-0.25, -0.2) is 9.79 Å². The van der Waals surface area contributed by atoms with Crippen LogP contribution in [0.15, 0.2) is 105 Å². The van der Waals surface area contributed by atoms with E-state index in [9.17, 15) is 9.59 Å². The summed E-state index contributed by atoms with van der Waals surface area (Å²) in [4.78, 5) is 33.8. The highest BCUT2D eigenvalue weighted by Crippen LogP contribution is 2.32. The van der Waals surface area contributed by atoms with Crippen LogP contribution in [0.2, 0.25) is 0 Å². The Kier molecular flexibility index (Phi) is 8.14. The minimum atomic E-state index is -0.662. The molecule has 1 aliphatic rings. The van der Waals surface area contributed by atoms with Crippen LogP contribution in [0.5, 0.6) is 5.75 Å². The van der Waals surface area contributed by atoms with Crippen molar-refractivity contribution in [2.24, 2.45) is 4.99 Å². The fraction of sp³-hybridized carbons (Fsp3) is 0.194. The second-order valence-corrected chi connectivity index (χ2v) is 10.8. The lowest BCUT2D eigenvalue weighted by atomic mass is 9.96. The summed E-state index contributed by atoms with van der Waals surface area (Å²) in [5.74, 6) is 0.214. The summed E-state index contributed by atoms with van der Waals surface area (Å²) < 4.78 is 13.6. The number of rotatable bonds is 8. The van der Waals surface area contributed by atoms with Gasteiger partial charge in [0.15, 0.2) is 4.80 Å². The van der Waals surface area contributed by atoms with E-state index < -0.39 is 12.0 Å². The van der Waals surface area contributed by atoms with Gasteiger partial charge in [0.25, 0.3) is 5.56 Å². The largest absolute Gasteiger partial charge is 0.493 e. The molecule has 8 heteroatoms. The lowest BCUT2D eigenvalue weighted by Gasteiger charge is -2.25. The molecule has 1 aromatic heterocycles. The fourth-order valence-corrected chi connectivity index (χ4v) is 5.96. The number of benzene rings is 3. The highest BCUT2D eigenvalue weighted by Gasteiger charge is 2.33. The number of aromatic nitrogens is 1. The average Bonchev–Trinajstić information content (AvgIpc) is 3.26. The number of carbonyl (C=O) groups is 1. The third kappa shape index (κ3) is 5.62. The molecule has 6 nitrogen and oxygen atoms in total. The van der Waals surface area contributed by atoms with Gasteiger partial charge >= 0.3 is 5.97 Å². The molecule has 0 spiro atoms. The normalized spacial score (nSPS) is 15.1. The predicted molar refractivity (Wildman–Crippen MR) is 156 cm³/mol. The molecule has 0 amide bonds. The van der Waals surface area contributed by atoms with Gasteiger partial charge in [-0.2, -0.15) is 0 Å².